The van der Waals surface area contributed by atoms with Crippen LogP contribution >= 0.6 is 11.6 Å². The zero-order chi connectivity index (χ0) is 13.2. The van der Waals surface area contributed by atoms with E-state index in [0.29, 0.717) is 6.01 Å². The van der Waals surface area contributed by atoms with Crippen molar-refractivity contribution in [3.05, 3.63) is 54.1 Å². The Labute approximate surface area is 116 Å². The maximum Gasteiger partial charge on any atom is 0.300 e. The number of nitrogens with one attached hydrogen (secondary N) is 1. The van der Waals surface area contributed by atoms with E-state index in [4.69, 9.17) is 16.0 Å². The Kier molecular flexibility index (Phi) is 3.13. The van der Waals surface area contributed by atoms with E-state index in [9.17, 15) is 0 Å². The van der Waals surface area contributed by atoms with E-state index in [0.717, 1.165) is 22.4 Å². The van der Waals surface area contributed by atoms with Crippen LogP contribution in [0.3, 0.4) is 0 Å². The molecule has 1 N–H and O–H groups in total. The summed E-state index contributed by atoms with van der Waals surface area (Å²) < 4.78 is 5.64. The Morgan fingerprint density at radius 2 is 1.84 bits per heavy atom. The average molecular weight is 273 g/mol. The number of rotatable bonds is 3. The lowest BCUT2D eigenvalue weighted by atomic mass is 10.1. The molecule has 19 heavy (non-hydrogen) atoms. The fourth-order valence-corrected chi connectivity index (χ4v) is 2.19. The molecule has 96 valence electrons. The second kappa shape index (κ2) is 4.94. The zero-order valence-corrected chi connectivity index (χ0v) is 11.2. The number of fused-ring (bicyclic) bond motifs is 1. The standard InChI is InChI=1S/C15H13ClN2O/c1-10(16)11-6-2-3-7-12(11)17-15-18-13-8-4-5-9-14(13)19-15/h2-10H,1H3,(H,17,18). The highest BCUT2D eigenvalue weighted by Crippen LogP contribution is 2.30. The van der Waals surface area contributed by atoms with Crippen molar-refractivity contribution >= 4 is 34.4 Å². The molecule has 0 saturated heterocycles. The van der Waals surface area contributed by atoms with Gasteiger partial charge >= 0.3 is 0 Å². The summed E-state index contributed by atoms with van der Waals surface area (Å²) in [6.07, 6.45) is 0. The van der Waals surface area contributed by atoms with Gasteiger partial charge in [0.25, 0.3) is 6.01 Å². The molecule has 0 spiro atoms. The van der Waals surface area contributed by atoms with Crippen LogP contribution in [-0.2, 0) is 0 Å². The van der Waals surface area contributed by atoms with Gasteiger partial charge in [0, 0.05) is 5.69 Å². The van der Waals surface area contributed by atoms with Crippen molar-refractivity contribution < 1.29 is 4.42 Å². The minimum Gasteiger partial charge on any atom is -0.423 e. The lowest BCUT2D eigenvalue weighted by Gasteiger charge is -2.10. The average Bonchev–Trinajstić information content (AvgIpc) is 2.81. The van der Waals surface area contributed by atoms with E-state index in [-0.39, 0.29) is 5.38 Å². The maximum absolute atomic E-state index is 6.16. The van der Waals surface area contributed by atoms with Crippen molar-refractivity contribution in [3.8, 4) is 0 Å². The third-order valence-electron chi connectivity index (χ3n) is 2.92. The number of halogens is 1. The summed E-state index contributed by atoms with van der Waals surface area (Å²) in [4.78, 5) is 4.39. The first kappa shape index (κ1) is 12.1. The SMILES string of the molecule is CC(Cl)c1ccccc1Nc1nc2ccccc2o1. The zero-order valence-electron chi connectivity index (χ0n) is 10.4. The van der Waals surface area contributed by atoms with E-state index >= 15 is 0 Å². The summed E-state index contributed by atoms with van der Waals surface area (Å²) >= 11 is 6.16. The molecule has 3 rings (SSSR count). The third kappa shape index (κ3) is 2.42. The van der Waals surface area contributed by atoms with Crippen LogP contribution in [0.1, 0.15) is 17.9 Å². The predicted molar refractivity (Wildman–Crippen MR) is 78.0 cm³/mol. The number of benzene rings is 2. The highest BCUT2D eigenvalue weighted by atomic mass is 35.5. The third-order valence-corrected chi connectivity index (χ3v) is 3.16. The van der Waals surface area contributed by atoms with Gasteiger partial charge < -0.3 is 9.73 Å². The number of alkyl halides is 1. The Bertz CT molecular complexity index is 673. The number of aromatic nitrogens is 1. The largest absolute Gasteiger partial charge is 0.423 e. The van der Waals surface area contributed by atoms with E-state index < -0.39 is 0 Å². The molecule has 0 fully saturated rings. The number of nitrogens with zero attached hydrogens (tertiary/aromatic N) is 1. The Balaban J connectivity index is 1.97. The van der Waals surface area contributed by atoms with Gasteiger partial charge in [0.1, 0.15) is 5.52 Å². The van der Waals surface area contributed by atoms with Crippen LogP contribution in [0, 0.1) is 0 Å². The second-order valence-corrected chi connectivity index (χ2v) is 4.97. The molecule has 0 aliphatic carbocycles. The van der Waals surface area contributed by atoms with Crippen molar-refractivity contribution in [2.45, 2.75) is 12.3 Å². The van der Waals surface area contributed by atoms with Crippen LogP contribution < -0.4 is 5.32 Å². The first-order chi connectivity index (χ1) is 9.24. The summed E-state index contributed by atoms with van der Waals surface area (Å²) in [6.45, 7) is 1.94. The highest BCUT2D eigenvalue weighted by Gasteiger charge is 2.10. The van der Waals surface area contributed by atoms with Gasteiger partial charge in [0.2, 0.25) is 0 Å². The number of oxazole rings is 1. The smallest absolute Gasteiger partial charge is 0.300 e. The highest BCUT2D eigenvalue weighted by molar-refractivity contribution is 6.21. The molecule has 0 aliphatic rings. The van der Waals surface area contributed by atoms with Gasteiger partial charge in [-0.05, 0) is 30.7 Å². The monoisotopic (exact) mass is 272 g/mol. The molecule has 0 amide bonds. The molecule has 2 aromatic carbocycles. The number of para-hydroxylation sites is 3. The molecule has 3 aromatic rings. The molecule has 1 aromatic heterocycles. The lowest BCUT2D eigenvalue weighted by Crippen LogP contribution is -1.96. The minimum absolute atomic E-state index is 0.0759. The van der Waals surface area contributed by atoms with Gasteiger partial charge in [-0.3, -0.25) is 0 Å². The predicted octanol–water partition coefficient (Wildman–Crippen LogP) is 4.87. The molecule has 1 atom stereocenters. The molecular formula is C15H13ClN2O. The second-order valence-electron chi connectivity index (χ2n) is 4.31. The molecule has 1 heterocycles. The Hall–Kier alpha value is -2.00. The molecule has 0 bridgehead atoms. The first-order valence-electron chi connectivity index (χ1n) is 6.09. The summed E-state index contributed by atoms with van der Waals surface area (Å²) in [7, 11) is 0. The van der Waals surface area contributed by atoms with Gasteiger partial charge in [-0.1, -0.05) is 30.3 Å². The Morgan fingerprint density at radius 1 is 1.11 bits per heavy atom. The van der Waals surface area contributed by atoms with Gasteiger partial charge in [-0.25, -0.2) is 0 Å². The molecule has 3 nitrogen and oxygen atoms in total. The van der Waals surface area contributed by atoms with Crippen molar-refractivity contribution in [1.29, 1.82) is 0 Å². The van der Waals surface area contributed by atoms with Gasteiger partial charge in [-0.2, -0.15) is 4.98 Å². The van der Waals surface area contributed by atoms with Crippen LogP contribution in [0.25, 0.3) is 11.1 Å². The summed E-state index contributed by atoms with van der Waals surface area (Å²) in [5, 5.41) is 3.11. The van der Waals surface area contributed by atoms with Gasteiger partial charge in [-0.15, -0.1) is 11.6 Å². The molecule has 1 unspecified atom stereocenters. The topological polar surface area (TPSA) is 38.1 Å². The van der Waals surface area contributed by atoms with Crippen LogP contribution in [-0.4, -0.2) is 4.98 Å². The van der Waals surface area contributed by atoms with Gasteiger partial charge in [0.15, 0.2) is 5.58 Å². The summed E-state index contributed by atoms with van der Waals surface area (Å²) in [5.41, 5.74) is 3.53. The molecule has 0 aliphatic heterocycles. The van der Waals surface area contributed by atoms with E-state index in [1.165, 1.54) is 0 Å². The van der Waals surface area contributed by atoms with E-state index in [1.54, 1.807) is 0 Å². The molecule has 0 radical (unpaired) electrons. The Morgan fingerprint density at radius 3 is 2.63 bits per heavy atom. The number of anilines is 2. The maximum atomic E-state index is 6.16. The normalized spacial score (nSPS) is 12.5. The van der Waals surface area contributed by atoms with Crippen LogP contribution in [0.5, 0.6) is 0 Å². The van der Waals surface area contributed by atoms with Gasteiger partial charge in [0.05, 0.1) is 5.38 Å². The van der Waals surface area contributed by atoms with Crippen molar-refractivity contribution in [2.24, 2.45) is 0 Å². The first-order valence-corrected chi connectivity index (χ1v) is 6.53. The quantitative estimate of drug-likeness (QED) is 0.691. The lowest BCUT2D eigenvalue weighted by molar-refractivity contribution is 0.623. The van der Waals surface area contributed by atoms with Crippen LogP contribution in [0.2, 0.25) is 0 Å². The summed E-state index contributed by atoms with van der Waals surface area (Å²) in [5.74, 6) is 0. The van der Waals surface area contributed by atoms with Crippen molar-refractivity contribution in [2.75, 3.05) is 5.32 Å². The minimum atomic E-state index is -0.0759. The van der Waals surface area contributed by atoms with Crippen molar-refractivity contribution in [1.82, 2.24) is 4.98 Å². The molecular weight excluding hydrogens is 260 g/mol. The van der Waals surface area contributed by atoms with E-state index in [1.807, 2.05) is 55.5 Å². The molecule has 4 heteroatoms. The number of hydrogen-bond acceptors (Lipinski definition) is 3. The van der Waals surface area contributed by atoms with Crippen molar-refractivity contribution in [3.63, 3.8) is 0 Å². The summed E-state index contributed by atoms with van der Waals surface area (Å²) in [6, 6.07) is 16.0. The fourth-order valence-electron chi connectivity index (χ4n) is 2.00. The fraction of sp³-hybridized carbons (Fsp3) is 0.133. The van der Waals surface area contributed by atoms with Crippen LogP contribution in [0.15, 0.2) is 52.9 Å². The van der Waals surface area contributed by atoms with Crippen LogP contribution in [0.4, 0.5) is 11.7 Å². The van der Waals surface area contributed by atoms with E-state index in [2.05, 4.69) is 10.3 Å². The molecule has 0 saturated carbocycles. The number of hydrogen-bond donors (Lipinski definition) is 1.